The summed E-state index contributed by atoms with van der Waals surface area (Å²) in [6, 6.07) is 0.338. The summed E-state index contributed by atoms with van der Waals surface area (Å²) in [7, 11) is 3.62. The maximum atomic E-state index is 12.2. The first kappa shape index (κ1) is 22.0. The molecule has 0 bridgehead atoms. The van der Waals surface area contributed by atoms with E-state index in [4.69, 9.17) is 14.1 Å². The number of nitrogens with zero attached hydrogens (tertiary/aromatic N) is 1. The van der Waals surface area contributed by atoms with Gasteiger partial charge in [-0.05, 0) is 75.9 Å². The fourth-order valence-corrected chi connectivity index (χ4v) is 4.96. The quantitative estimate of drug-likeness (QED) is 0.591. The standard InChI is InChI=1S/C22H39BNO4/c1-14(2)21(5,6)28-23-22-9-8-18(11-17(22)12-22)27-13-19-15(3)10-16(4)24(19)20(25)26-7/h14-19H,8-13H2,1-7H3/t15-,16+,17?,18?,19-,22?/m0/s1. The van der Waals surface area contributed by atoms with Crippen LogP contribution in [0.5, 0.6) is 0 Å². The van der Waals surface area contributed by atoms with Gasteiger partial charge >= 0.3 is 6.09 Å². The molecule has 0 spiro atoms. The summed E-state index contributed by atoms with van der Waals surface area (Å²) >= 11 is 0. The van der Waals surface area contributed by atoms with Crippen molar-refractivity contribution in [2.75, 3.05) is 13.7 Å². The van der Waals surface area contributed by atoms with Crippen molar-refractivity contribution in [1.82, 2.24) is 4.90 Å². The van der Waals surface area contributed by atoms with E-state index in [0.717, 1.165) is 25.7 Å². The van der Waals surface area contributed by atoms with Gasteiger partial charge in [0, 0.05) is 11.6 Å². The molecule has 3 rings (SSSR count). The first-order valence-electron chi connectivity index (χ1n) is 11.1. The first-order chi connectivity index (χ1) is 13.1. The lowest BCUT2D eigenvalue weighted by Gasteiger charge is -2.35. The van der Waals surface area contributed by atoms with Gasteiger partial charge in [-0.3, -0.25) is 4.90 Å². The predicted octanol–water partition coefficient (Wildman–Crippen LogP) is 4.67. The van der Waals surface area contributed by atoms with E-state index in [1.807, 2.05) is 4.90 Å². The third kappa shape index (κ3) is 4.38. The zero-order valence-electron chi connectivity index (χ0n) is 18.9. The third-order valence-electron chi connectivity index (χ3n) is 7.84. The maximum absolute atomic E-state index is 12.2. The summed E-state index contributed by atoms with van der Waals surface area (Å²) in [5.41, 5.74) is -0.109. The van der Waals surface area contributed by atoms with Gasteiger partial charge in [0.1, 0.15) is 0 Å². The maximum Gasteiger partial charge on any atom is 0.410 e. The molecular formula is C22H39BNO4. The first-order valence-corrected chi connectivity index (χ1v) is 11.1. The number of likely N-dealkylation sites (tertiary alicyclic amines) is 1. The van der Waals surface area contributed by atoms with Crippen molar-refractivity contribution in [2.45, 2.75) is 103 Å². The summed E-state index contributed by atoms with van der Waals surface area (Å²) in [6.07, 6.45) is 5.64. The second kappa shape index (κ2) is 8.18. The molecule has 1 saturated heterocycles. The molecule has 5 nitrogen and oxygen atoms in total. The molecule has 2 saturated carbocycles. The van der Waals surface area contributed by atoms with Crippen molar-refractivity contribution in [3.05, 3.63) is 0 Å². The van der Waals surface area contributed by atoms with Crippen LogP contribution in [0.1, 0.15) is 73.6 Å². The Bertz CT molecular complexity index is 569. The number of amides is 1. The molecule has 1 radical (unpaired) electrons. The van der Waals surface area contributed by atoms with E-state index in [1.165, 1.54) is 13.5 Å². The van der Waals surface area contributed by atoms with Gasteiger partial charge in [0.25, 0.3) is 7.48 Å². The Morgan fingerprint density at radius 2 is 2.00 bits per heavy atom. The highest BCUT2D eigenvalue weighted by molar-refractivity contribution is 6.34. The topological polar surface area (TPSA) is 48.0 Å². The van der Waals surface area contributed by atoms with E-state index >= 15 is 0 Å². The van der Waals surface area contributed by atoms with E-state index in [2.05, 4.69) is 49.0 Å². The van der Waals surface area contributed by atoms with Gasteiger partial charge in [0.2, 0.25) is 0 Å². The van der Waals surface area contributed by atoms with Crippen LogP contribution in [0, 0.1) is 17.8 Å². The molecule has 159 valence electrons. The molecule has 6 heteroatoms. The Hall–Kier alpha value is -0.745. The van der Waals surface area contributed by atoms with Gasteiger partial charge < -0.3 is 14.1 Å². The molecule has 1 aliphatic heterocycles. The van der Waals surface area contributed by atoms with E-state index in [-0.39, 0.29) is 29.1 Å². The van der Waals surface area contributed by atoms with Crippen molar-refractivity contribution in [3.8, 4) is 0 Å². The van der Waals surface area contributed by atoms with E-state index in [0.29, 0.717) is 30.5 Å². The molecule has 1 heterocycles. The summed E-state index contributed by atoms with van der Waals surface area (Å²) < 4.78 is 17.5. The largest absolute Gasteiger partial charge is 0.453 e. The summed E-state index contributed by atoms with van der Waals surface area (Å²) in [4.78, 5) is 14.0. The SMILES string of the molecule is COC(=O)N1[C@H](C)C[C@H](C)[C@@H]1COC1CCC2([B]OC(C)(C)C(C)C)CC2C1. The summed E-state index contributed by atoms with van der Waals surface area (Å²) in [6.45, 7) is 13.7. The van der Waals surface area contributed by atoms with Gasteiger partial charge in [-0.15, -0.1) is 0 Å². The van der Waals surface area contributed by atoms with Crippen LogP contribution in [-0.2, 0) is 14.1 Å². The van der Waals surface area contributed by atoms with E-state index in [9.17, 15) is 4.79 Å². The monoisotopic (exact) mass is 392 g/mol. The van der Waals surface area contributed by atoms with Crippen molar-refractivity contribution in [2.24, 2.45) is 17.8 Å². The second-order valence-electron chi connectivity index (χ2n) is 10.4. The van der Waals surface area contributed by atoms with Crippen LogP contribution in [0.15, 0.2) is 0 Å². The zero-order chi connectivity index (χ0) is 20.7. The molecule has 1 amide bonds. The Morgan fingerprint density at radius 1 is 1.29 bits per heavy atom. The molecule has 2 aliphatic carbocycles. The van der Waals surface area contributed by atoms with Crippen molar-refractivity contribution in [1.29, 1.82) is 0 Å². The number of ether oxygens (including phenoxy) is 2. The number of carbonyl (C=O) groups excluding carboxylic acids is 1. The van der Waals surface area contributed by atoms with Gasteiger partial charge in [-0.2, -0.15) is 0 Å². The van der Waals surface area contributed by atoms with Crippen LogP contribution >= 0.6 is 0 Å². The molecule has 0 aromatic rings. The normalized spacial score (nSPS) is 37.7. The average molecular weight is 392 g/mol. The highest BCUT2D eigenvalue weighted by Crippen LogP contribution is 2.67. The highest BCUT2D eigenvalue weighted by Gasteiger charge is 2.58. The molecule has 0 aromatic carbocycles. The molecule has 3 aliphatic rings. The van der Waals surface area contributed by atoms with Gasteiger partial charge in [0.05, 0.1) is 25.9 Å². The molecule has 3 unspecified atom stereocenters. The number of methoxy groups -OCH3 is 1. The fraction of sp³-hybridized carbons (Fsp3) is 0.955. The minimum atomic E-state index is -0.227. The minimum Gasteiger partial charge on any atom is -0.453 e. The molecule has 6 atom stereocenters. The molecular weight excluding hydrogens is 353 g/mol. The predicted molar refractivity (Wildman–Crippen MR) is 111 cm³/mol. The number of fused-ring (bicyclic) bond motifs is 1. The van der Waals surface area contributed by atoms with Crippen LogP contribution in [0.2, 0.25) is 5.31 Å². The van der Waals surface area contributed by atoms with Crippen LogP contribution in [-0.4, -0.2) is 56.0 Å². The van der Waals surface area contributed by atoms with Crippen LogP contribution < -0.4 is 0 Å². The molecule has 0 N–H and O–H groups in total. The summed E-state index contributed by atoms with van der Waals surface area (Å²) in [5, 5.41) is 0.277. The van der Waals surface area contributed by atoms with E-state index < -0.39 is 0 Å². The number of hydrogen-bond acceptors (Lipinski definition) is 4. The number of hydrogen-bond donors (Lipinski definition) is 0. The minimum absolute atomic E-state index is 0.109. The molecule has 28 heavy (non-hydrogen) atoms. The Kier molecular flexibility index (Phi) is 6.41. The van der Waals surface area contributed by atoms with Crippen molar-refractivity contribution < 1.29 is 18.9 Å². The molecule has 3 fully saturated rings. The Morgan fingerprint density at radius 3 is 2.61 bits per heavy atom. The fourth-order valence-electron chi connectivity index (χ4n) is 4.96. The smallest absolute Gasteiger partial charge is 0.410 e. The van der Waals surface area contributed by atoms with Crippen LogP contribution in [0.25, 0.3) is 0 Å². The Balaban J connectivity index is 1.47. The van der Waals surface area contributed by atoms with Crippen molar-refractivity contribution in [3.63, 3.8) is 0 Å². The molecule has 0 aromatic heterocycles. The van der Waals surface area contributed by atoms with Crippen LogP contribution in [0.4, 0.5) is 4.79 Å². The average Bonchev–Trinajstić information content (AvgIpc) is 3.28. The number of carbonyl (C=O) groups is 1. The van der Waals surface area contributed by atoms with Crippen LogP contribution in [0.3, 0.4) is 0 Å². The van der Waals surface area contributed by atoms with Gasteiger partial charge in [-0.1, -0.05) is 20.8 Å². The second-order valence-corrected chi connectivity index (χ2v) is 10.4. The van der Waals surface area contributed by atoms with Gasteiger partial charge in [0.15, 0.2) is 0 Å². The lowest BCUT2D eigenvalue weighted by atomic mass is 9.66. The lowest BCUT2D eigenvalue weighted by Crippen LogP contribution is -2.44. The van der Waals surface area contributed by atoms with E-state index in [1.54, 1.807) is 0 Å². The Labute approximate surface area is 172 Å². The highest BCUT2D eigenvalue weighted by atomic mass is 16.5. The number of rotatable bonds is 7. The zero-order valence-corrected chi connectivity index (χ0v) is 18.9. The van der Waals surface area contributed by atoms with Gasteiger partial charge in [-0.25, -0.2) is 4.79 Å². The summed E-state index contributed by atoms with van der Waals surface area (Å²) in [5.74, 6) is 1.62. The lowest BCUT2D eigenvalue weighted by molar-refractivity contribution is -0.0118. The third-order valence-corrected chi connectivity index (χ3v) is 7.84. The van der Waals surface area contributed by atoms with Crippen molar-refractivity contribution >= 4 is 13.6 Å².